The minimum absolute atomic E-state index is 0.0500. The summed E-state index contributed by atoms with van der Waals surface area (Å²) in [7, 11) is 1.53. The van der Waals surface area contributed by atoms with Gasteiger partial charge in [0.1, 0.15) is 17.6 Å². The van der Waals surface area contributed by atoms with Crippen LogP contribution in [0.15, 0.2) is 78.9 Å². The second-order valence-electron chi connectivity index (χ2n) is 8.41. The first kappa shape index (κ1) is 25.0. The quantitative estimate of drug-likeness (QED) is 0.475. The molecule has 6 heteroatoms. The van der Waals surface area contributed by atoms with Crippen LogP contribution in [0.5, 0.6) is 5.75 Å². The van der Waals surface area contributed by atoms with E-state index in [9.17, 15) is 14.0 Å². The van der Waals surface area contributed by atoms with Crippen LogP contribution in [0.1, 0.15) is 36.5 Å². The Morgan fingerprint density at radius 2 is 1.59 bits per heavy atom. The first-order valence-electron chi connectivity index (χ1n) is 11.4. The molecule has 0 saturated heterocycles. The molecule has 2 amide bonds. The zero-order valence-corrected chi connectivity index (χ0v) is 19.8. The number of ether oxygens (including phenoxy) is 1. The van der Waals surface area contributed by atoms with E-state index in [0.29, 0.717) is 17.7 Å². The van der Waals surface area contributed by atoms with Crippen LogP contribution in [0.2, 0.25) is 0 Å². The van der Waals surface area contributed by atoms with Crippen molar-refractivity contribution in [1.82, 2.24) is 10.2 Å². The van der Waals surface area contributed by atoms with Crippen molar-refractivity contribution in [2.45, 2.75) is 38.8 Å². The van der Waals surface area contributed by atoms with Crippen LogP contribution in [0.25, 0.3) is 0 Å². The van der Waals surface area contributed by atoms with E-state index < -0.39 is 17.8 Å². The Labute approximate surface area is 200 Å². The van der Waals surface area contributed by atoms with E-state index in [0.717, 1.165) is 11.1 Å². The number of amides is 2. The summed E-state index contributed by atoms with van der Waals surface area (Å²) in [6, 6.07) is 22.5. The molecule has 0 fully saturated rings. The van der Waals surface area contributed by atoms with E-state index in [1.165, 1.54) is 18.0 Å². The monoisotopic (exact) mass is 462 g/mol. The fraction of sp³-hybridized carbons (Fsp3) is 0.286. The number of hydrogen-bond donors (Lipinski definition) is 1. The zero-order chi connectivity index (χ0) is 24.5. The van der Waals surface area contributed by atoms with E-state index in [2.05, 4.69) is 19.2 Å². The third-order valence-electron chi connectivity index (χ3n) is 5.71. The molecule has 0 spiro atoms. The maximum absolute atomic E-state index is 14.5. The van der Waals surface area contributed by atoms with Crippen LogP contribution in [-0.4, -0.2) is 36.4 Å². The fourth-order valence-corrected chi connectivity index (χ4v) is 3.84. The number of nitrogens with zero attached hydrogens (tertiary/aromatic N) is 1. The molecule has 1 atom stereocenters. The van der Waals surface area contributed by atoms with Crippen LogP contribution in [0, 0.1) is 5.82 Å². The molecule has 1 unspecified atom stereocenters. The smallest absolute Gasteiger partial charge is 0.261 e. The minimum atomic E-state index is -0.830. The lowest BCUT2D eigenvalue weighted by molar-refractivity contribution is -0.142. The molecule has 0 aromatic heterocycles. The molecule has 0 radical (unpaired) electrons. The Balaban J connectivity index is 1.90. The van der Waals surface area contributed by atoms with Crippen molar-refractivity contribution < 1.29 is 18.7 Å². The number of carbonyl (C=O) groups is 2. The summed E-state index contributed by atoms with van der Waals surface area (Å²) in [5, 5.41) is 2.65. The predicted octanol–water partition coefficient (Wildman–Crippen LogP) is 4.71. The van der Waals surface area contributed by atoms with Crippen LogP contribution in [-0.2, 0) is 22.6 Å². The van der Waals surface area contributed by atoms with Gasteiger partial charge < -0.3 is 15.0 Å². The summed E-state index contributed by atoms with van der Waals surface area (Å²) < 4.78 is 20.4. The predicted molar refractivity (Wildman–Crippen MR) is 131 cm³/mol. The lowest BCUT2D eigenvalue weighted by atomic mass is 10.0. The average molecular weight is 463 g/mol. The normalized spacial score (nSPS) is 11.7. The second-order valence-corrected chi connectivity index (χ2v) is 8.41. The maximum atomic E-state index is 14.5. The van der Waals surface area contributed by atoms with E-state index in [1.54, 1.807) is 18.2 Å². The van der Waals surface area contributed by atoms with Gasteiger partial charge in [0.25, 0.3) is 5.91 Å². The van der Waals surface area contributed by atoms with Gasteiger partial charge in [-0.3, -0.25) is 9.59 Å². The zero-order valence-electron chi connectivity index (χ0n) is 19.8. The number of para-hydroxylation sites is 1. The summed E-state index contributed by atoms with van der Waals surface area (Å²) in [5.41, 5.74) is 2.22. The van der Waals surface area contributed by atoms with Gasteiger partial charge in [-0.25, -0.2) is 4.39 Å². The molecular formula is C28H31FN2O3. The van der Waals surface area contributed by atoms with Crippen molar-refractivity contribution in [2.24, 2.45) is 0 Å². The minimum Gasteiger partial charge on any atom is -0.483 e. The average Bonchev–Trinajstić information content (AvgIpc) is 2.86. The van der Waals surface area contributed by atoms with Gasteiger partial charge in [0.15, 0.2) is 6.61 Å². The SMILES string of the molecule is CNC(=O)C(Cc1ccccc1)N(Cc1ccccc1F)C(=O)COc1ccccc1C(C)C. The van der Waals surface area contributed by atoms with Gasteiger partial charge in [0, 0.05) is 25.6 Å². The molecule has 178 valence electrons. The van der Waals surface area contributed by atoms with Crippen molar-refractivity contribution in [1.29, 1.82) is 0 Å². The Morgan fingerprint density at radius 1 is 0.941 bits per heavy atom. The number of carbonyl (C=O) groups excluding carboxylic acids is 2. The van der Waals surface area contributed by atoms with Gasteiger partial charge in [-0.05, 0) is 29.2 Å². The van der Waals surface area contributed by atoms with Gasteiger partial charge in [0.2, 0.25) is 5.91 Å². The topological polar surface area (TPSA) is 58.6 Å². The van der Waals surface area contributed by atoms with Crippen molar-refractivity contribution >= 4 is 11.8 Å². The summed E-state index contributed by atoms with van der Waals surface area (Å²) in [6.07, 6.45) is 0.295. The van der Waals surface area contributed by atoms with Gasteiger partial charge in [-0.15, -0.1) is 0 Å². The highest BCUT2D eigenvalue weighted by atomic mass is 19.1. The highest BCUT2D eigenvalue weighted by molar-refractivity contribution is 5.88. The Bertz CT molecular complexity index is 1100. The van der Waals surface area contributed by atoms with Crippen LogP contribution < -0.4 is 10.1 Å². The maximum Gasteiger partial charge on any atom is 0.261 e. The third-order valence-corrected chi connectivity index (χ3v) is 5.71. The van der Waals surface area contributed by atoms with Gasteiger partial charge in [-0.1, -0.05) is 80.6 Å². The highest BCUT2D eigenvalue weighted by Crippen LogP contribution is 2.26. The molecule has 0 aliphatic carbocycles. The number of likely N-dealkylation sites (N-methyl/N-ethyl adjacent to an activating group) is 1. The first-order chi connectivity index (χ1) is 16.4. The number of hydrogen-bond acceptors (Lipinski definition) is 3. The van der Waals surface area contributed by atoms with Crippen LogP contribution in [0.4, 0.5) is 4.39 Å². The molecule has 0 heterocycles. The van der Waals surface area contributed by atoms with Gasteiger partial charge in [-0.2, -0.15) is 0 Å². The lowest BCUT2D eigenvalue weighted by Gasteiger charge is -2.31. The molecule has 0 bridgehead atoms. The molecule has 0 aliphatic rings. The largest absolute Gasteiger partial charge is 0.483 e. The Kier molecular flexibility index (Phi) is 8.79. The van der Waals surface area contributed by atoms with Crippen LogP contribution in [0.3, 0.4) is 0 Å². The van der Waals surface area contributed by atoms with E-state index >= 15 is 0 Å². The van der Waals surface area contributed by atoms with Gasteiger partial charge >= 0.3 is 0 Å². The number of nitrogens with one attached hydrogen (secondary N) is 1. The van der Waals surface area contributed by atoms with Crippen molar-refractivity contribution in [3.8, 4) is 5.75 Å². The Hall–Kier alpha value is -3.67. The number of halogens is 1. The summed E-state index contributed by atoms with van der Waals surface area (Å²) in [6.45, 7) is 3.79. The highest BCUT2D eigenvalue weighted by Gasteiger charge is 2.30. The number of rotatable bonds is 10. The standard InChI is InChI=1S/C28H31FN2O3/c1-20(2)23-14-8-10-16-26(23)34-19-27(32)31(18-22-13-7-9-15-24(22)29)25(28(33)30-3)17-21-11-5-4-6-12-21/h4-16,20,25H,17-19H2,1-3H3,(H,30,33). The second kappa shape index (κ2) is 12.0. The molecule has 3 rings (SSSR count). The lowest BCUT2D eigenvalue weighted by Crippen LogP contribution is -2.51. The van der Waals surface area contributed by atoms with Gasteiger partial charge in [0.05, 0.1) is 0 Å². The third kappa shape index (κ3) is 6.44. The van der Waals surface area contributed by atoms with E-state index in [4.69, 9.17) is 4.74 Å². The molecule has 34 heavy (non-hydrogen) atoms. The van der Waals surface area contributed by atoms with Crippen molar-refractivity contribution in [3.05, 3.63) is 101 Å². The number of benzene rings is 3. The van der Waals surface area contributed by atoms with Crippen molar-refractivity contribution in [2.75, 3.05) is 13.7 Å². The first-order valence-corrected chi connectivity index (χ1v) is 11.4. The summed E-state index contributed by atoms with van der Waals surface area (Å²) in [4.78, 5) is 27.8. The van der Waals surface area contributed by atoms with E-state index in [1.807, 2.05) is 54.6 Å². The Morgan fingerprint density at radius 3 is 2.26 bits per heavy atom. The van der Waals surface area contributed by atoms with Crippen LogP contribution >= 0.6 is 0 Å². The molecule has 5 nitrogen and oxygen atoms in total. The summed E-state index contributed by atoms with van der Waals surface area (Å²) >= 11 is 0. The molecule has 3 aromatic carbocycles. The molecule has 1 N–H and O–H groups in total. The molecular weight excluding hydrogens is 431 g/mol. The molecule has 0 aliphatic heterocycles. The fourth-order valence-electron chi connectivity index (χ4n) is 3.84. The summed E-state index contributed by atoms with van der Waals surface area (Å²) in [5.74, 6) is -0.307. The van der Waals surface area contributed by atoms with E-state index in [-0.39, 0.29) is 25.0 Å². The molecule has 0 saturated carbocycles. The molecule has 3 aromatic rings. The van der Waals surface area contributed by atoms with Crippen molar-refractivity contribution in [3.63, 3.8) is 0 Å².